The Labute approximate surface area is 57.3 Å². The third-order valence-corrected chi connectivity index (χ3v) is 0. The summed E-state index contributed by atoms with van der Waals surface area (Å²) in [7, 11) is 0. The van der Waals surface area contributed by atoms with Gasteiger partial charge in [-0.1, -0.05) is 13.8 Å². The van der Waals surface area contributed by atoms with Crippen molar-refractivity contribution in [1.82, 2.24) is 0 Å². The molecule has 0 bridgehead atoms. The molecule has 0 aromatic heterocycles. The summed E-state index contributed by atoms with van der Waals surface area (Å²) in [6.45, 7) is 3.14. The first-order valence-electron chi connectivity index (χ1n) is 1.99. The molecular formula is C4H10O2Rh. The van der Waals surface area contributed by atoms with E-state index in [1.807, 2.05) is 0 Å². The topological polar surface area (TPSA) is 46.1 Å². The second kappa shape index (κ2) is 31.1. The normalized spacial score (nSPS) is 5.14. The Hall–Kier alpha value is 0.543. The van der Waals surface area contributed by atoms with E-state index in [4.69, 9.17) is 10.2 Å². The molecule has 2 nitrogen and oxygen atoms in total. The maximum atomic E-state index is 8.93. The minimum Gasteiger partial charge on any atom is -0.855 e. The fourth-order valence-corrected chi connectivity index (χ4v) is 0. The summed E-state index contributed by atoms with van der Waals surface area (Å²) < 4.78 is 0. The molecule has 0 amide bonds. The van der Waals surface area contributed by atoms with Crippen LogP contribution in [0.3, 0.4) is 0 Å². The van der Waals surface area contributed by atoms with E-state index in [0.717, 1.165) is 0 Å². The van der Waals surface area contributed by atoms with Gasteiger partial charge in [-0.3, -0.25) is 0 Å². The summed E-state index contributed by atoms with van der Waals surface area (Å²) >= 11 is 0. The molecule has 0 unspecified atom stereocenters. The molecule has 0 aromatic carbocycles. The van der Waals surface area contributed by atoms with Crippen LogP contribution in [0, 0.1) is 0 Å². The molecule has 0 aliphatic heterocycles. The van der Waals surface area contributed by atoms with E-state index < -0.39 is 0 Å². The molecule has 0 aromatic rings. The predicted octanol–water partition coefficient (Wildman–Crippen LogP) is -1.27. The molecule has 0 saturated heterocycles. The summed E-state index contributed by atoms with van der Waals surface area (Å²) in [5.41, 5.74) is 0. The minimum atomic E-state index is 0. The molecule has 0 aliphatic carbocycles. The number of rotatable bonds is 0. The smallest absolute Gasteiger partial charge is 0.855 e. The van der Waals surface area contributed by atoms with Crippen molar-refractivity contribution >= 4 is 0 Å². The Morgan fingerprint density at radius 3 is 1.00 bits per heavy atom. The van der Waals surface area contributed by atoms with Gasteiger partial charge in [0.05, 0.1) is 0 Å². The van der Waals surface area contributed by atoms with Crippen LogP contribution in [0.4, 0.5) is 0 Å². The van der Waals surface area contributed by atoms with Gasteiger partial charge in [0.15, 0.2) is 0 Å². The third-order valence-electron chi connectivity index (χ3n) is 0. The summed E-state index contributed by atoms with van der Waals surface area (Å²) in [5, 5.41) is 17.9. The van der Waals surface area contributed by atoms with Crippen LogP contribution >= 0.6 is 0 Å². The molecule has 47 valence electrons. The maximum absolute atomic E-state index is 8.93. The largest absolute Gasteiger partial charge is 2.00 e. The van der Waals surface area contributed by atoms with Gasteiger partial charge in [0.25, 0.3) is 0 Å². The monoisotopic (exact) mass is 193 g/mol. The average molecular weight is 193 g/mol. The molecule has 0 heterocycles. The van der Waals surface area contributed by atoms with E-state index in [9.17, 15) is 0 Å². The Kier molecular flexibility index (Phi) is 69.5. The van der Waals surface area contributed by atoms with Gasteiger partial charge < -0.3 is 10.2 Å². The van der Waals surface area contributed by atoms with Crippen LogP contribution in [0.15, 0.2) is 0 Å². The van der Waals surface area contributed by atoms with Crippen molar-refractivity contribution in [3.63, 3.8) is 0 Å². The zero-order chi connectivity index (χ0) is 5.41. The number of hydrogen-bond acceptors (Lipinski definition) is 2. The van der Waals surface area contributed by atoms with Crippen molar-refractivity contribution in [2.45, 2.75) is 13.8 Å². The van der Waals surface area contributed by atoms with Crippen LogP contribution in [0.1, 0.15) is 13.8 Å². The van der Waals surface area contributed by atoms with Crippen LogP contribution in [-0.4, -0.2) is 13.2 Å². The van der Waals surface area contributed by atoms with E-state index in [2.05, 4.69) is 0 Å². The molecule has 0 atom stereocenters. The van der Waals surface area contributed by atoms with Crippen LogP contribution in [0.25, 0.3) is 0 Å². The van der Waals surface area contributed by atoms with Gasteiger partial charge in [-0.05, 0) is 0 Å². The molecule has 0 aliphatic rings. The predicted molar refractivity (Wildman–Crippen MR) is 21.1 cm³/mol. The Morgan fingerprint density at radius 1 is 1.00 bits per heavy atom. The maximum Gasteiger partial charge on any atom is 2.00 e. The van der Waals surface area contributed by atoms with Gasteiger partial charge in [-0.25, -0.2) is 0 Å². The summed E-state index contributed by atoms with van der Waals surface area (Å²) in [4.78, 5) is 0. The molecule has 0 spiro atoms. The van der Waals surface area contributed by atoms with E-state index >= 15 is 0 Å². The van der Waals surface area contributed by atoms with Crippen LogP contribution in [0.2, 0.25) is 0 Å². The van der Waals surface area contributed by atoms with E-state index in [-0.39, 0.29) is 32.7 Å². The summed E-state index contributed by atoms with van der Waals surface area (Å²) in [6.07, 6.45) is 0. The molecule has 0 saturated carbocycles. The van der Waals surface area contributed by atoms with Crippen molar-refractivity contribution in [2.75, 3.05) is 13.2 Å². The van der Waals surface area contributed by atoms with E-state index in [1.54, 1.807) is 13.8 Å². The number of hydrogen-bond donors (Lipinski definition) is 0. The fourth-order valence-electron chi connectivity index (χ4n) is 0. The van der Waals surface area contributed by atoms with Crippen LogP contribution in [-0.2, 0) is 19.5 Å². The molecule has 7 heavy (non-hydrogen) atoms. The first kappa shape index (κ1) is 15.6. The first-order chi connectivity index (χ1) is 2.83. The van der Waals surface area contributed by atoms with Gasteiger partial charge in [0, 0.05) is 0 Å². The zero-order valence-corrected chi connectivity index (χ0v) is 6.20. The Bertz CT molecular complexity index is 11.7. The van der Waals surface area contributed by atoms with Crippen molar-refractivity contribution < 1.29 is 29.7 Å². The van der Waals surface area contributed by atoms with Crippen molar-refractivity contribution in [3.05, 3.63) is 0 Å². The van der Waals surface area contributed by atoms with E-state index in [1.165, 1.54) is 0 Å². The summed E-state index contributed by atoms with van der Waals surface area (Å²) in [5.74, 6) is 0. The van der Waals surface area contributed by atoms with Crippen molar-refractivity contribution in [3.8, 4) is 0 Å². The van der Waals surface area contributed by atoms with Crippen LogP contribution in [0.5, 0.6) is 0 Å². The van der Waals surface area contributed by atoms with Crippen molar-refractivity contribution in [2.24, 2.45) is 0 Å². The molecule has 0 fully saturated rings. The fraction of sp³-hybridized carbons (Fsp3) is 1.00. The molecule has 0 N–H and O–H groups in total. The quantitative estimate of drug-likeness (QED) is 0.450. The Balaban J connectivity index is -0.0000000400. The second-order valence-electron chi connectivity index (χ2n) is 0.577. The minimum absolute atomic E-state index is 0. The molecular weight excluding hydrogens is 183 g/mol. The summed E-state index contributed by atoms with van der Waals surface area (Å²) in [6, 6.07) is 0. The Morgan fingerprint density at radius 2 is 1.00 bits per heavy atom. The van der Waals surface area contributed by atoms with Gasteiger partial charge >= 0.3 is 19.5 Å². The third kappa shape index (κ3) is 457. The standard InChI is InChI=1S/2C2H5O.Rh/c2*1-2-3;/h2*2H2,1H3;/q2*-1;+2. The molecule has 1 radical (unpaired) electrons. The van der Waals surface area contributed by atoms with Gasteiger partial charge in [-0.2, -0.15) is 0 Å². The zero-order valence-electron chi connectivity index (χ0n) is 4.56. The van der Waals surface area contributed by atoms with Gasteiger partial charge in [-0.15, -0.1) is 13.2 Å². The van der Waals surface area contributed by atoms with Crippen LogP contribution < -0.4 is 10.2 Å². The molecule has 0 rings (SSSR count). The van der Waals surface area contributed by atoms with E-state index in [0.29, 0.717) is 0 Å². The average Bonchev–Trinajstić information content (AvgIpc) is 1.39. The first-order valence-corrected chi connectivity index (χ1v) is 1.99. The second-order valence-corrected chi connectivity index (χ2v) is 0.577. The van der Waals surface area contributed by atoms with Crippen molar-refractivity contribution in [1.29, 1.82) is 0 Å². The van der Waals surface area contributed by atoms with Gasteiger partial charge in [0.2, 0.25) is 0 Å². The van der Waals surface area contributed by atoms with Gasteiger partial charge in [0.1, 0.15) is 0 Å². The molecule has 3 heteroatoms. The SMILES string of the molecule is CC[O-].CC[O-].[Rh+2].